The first kappa shape index (κ1) is 24.1. The van der Waals surface area contributed by atoms with E-state index in [4.69, 9.17) is 4.74 Å². The van der Waals surface area contributed by atoms with Gasteiger partial charge >= 0.3 is 0 Å². The van der Waals surface area contributed by atoms with Crippen molar-refractivity contribution in [3.63, 3.8) is 0 Å². The number of Topliss-reactive ketones (excluding diaryl/α,β-unsaturated/α-hetero) is 1. The van der Waals surface area contributed by atoms with Gasteiger partial charge in [-0.1, -0.05) is 51.1 Å². The molecule has 35 heavy (non-hydrogen) atoms. The Kier molecular flexibility index (Phi) is 6.15. The number of aryl methyl sites for hydroxylation is 1. The van der Waals surface area contributed by atoms with E-state index in [2.05, 4.69) is 20.8 Å². The number of ketones is 1. The number of aliphatic hydroxyl groups excluding tert-OH is 1. The van der Waals surface area contributed by atoms with E-state index in [1.54, 1.807) is 36.4 Å². The van der Waals surface area contributed by atoms with Gasteiger partial charge in [-0.25, -0.2) is 0 Å². The minimum atomic E-state index is -0.889. The second-order valence-corrected chi connectivity index (χ2v) is 9.74. The van der Waals surface area contributed by atoms with Crippen molar-refractivity contribution in [3.8, 4) is 11.5 Å². The van der Waals surface area contributed by atoms with Gasteiger partial charge in [0.05, 0.1) is 18.7 Å². The van der Waals surface area contributed by atoms with Crippen LogP contribution in [0.15, 0.2) is 72.3 Å². The van der Waals surface area contributed by atoms with Crippen LogP contribution in [0.3, 0.4) is 0 Å². The van der Waals surface area contributed by atoms with Crippen molar-refractivity contribution in [2.24, 2.45) is 0 Å². The number of rotatable bonds is 4. The Bertz CT molecular complexity index is 1330. The van der Waals surface area contributed by atoms with Crippen LogP contribution in [0.25, 0.3) is 5.76 Å². The number of hydrogen-bond donors (Lipinski definition) is 2. The van der Waals surface area contributed by atoms with Crippen molar-refractivity contribution in [1.29, 1.82) is 0 Å². The van der Waals surface area contributed by atoms with E-state index in [0.717, 1.165) is 11.1 Å². The lowest BCUT2D eigenvalue weighted by Crippen LogP contribution is -2.29. The number of aromatic hydroxyl groups is 1. The average molecular weight is 472 g/mol. The number of nitrogens with zero attached hydrogens (tertiary/aromatic N) is 1. The molecule has 1 aliphatic rings. The van der Waals surface area contributed by atoms with Crippen molar-refractivity contribution in [1.82, 2.24) is 0 Å². The normalized spacial score (nSPS) is 17.6. The van der Waals surface area contributed by atoms with Gasteiger partial charge in [0, 0.05) is 17.3 Å². The number of carbonyl (C=O) groups excluding carboxylic acids is 2. The van der Waals surface area contributed by atoms with Gasteiger partial charge in [-0.15, -0.1) is 0 Å². The maximum atomic E-state index is 13.4. The fourth-order valence-electron chi connectivity index (χ4n) is 4.32. The molecule has 3 aromatic rings. The first-order valence-corrected chi connectivity index (χ1v) is 11.4. The zero-order chi connectivity index (χ0) is 25.5. The van der Waals surface area contributed by atoms with E-state index in [-0.39, 0.29) is 22.5 Å². The fourth-order valence-corrected chi connectivity index (χ4v) is 4.32. The summed E-state index contributed by atoms with van der Waals surface area (Å²) < 4.78 is 5.32. The minimum absolute atomic E-state index is 0.00216. The fraction of sp³-hybridized carbons (Fsp3) is 0.241. The maximum absolute atomic E-state index is 13.4. The summed E-state index contributed by atoms with van der Waals surface area (Å²) in [7, 11) is 1.52. The second-order valence-electron chi connectivity index (χ2n) is 9.74. The molecule has 6 nitrogen and oxygen atoms in total. The number of benzene rings is 3. The molecule has 6 heteroatoms. The van der Waals surface area contributed by atoms with E-state index in [9.17, 15) is 19.8 Å². The van der Waals surface area contributed by atoms with Gasteiger partial charge in [-0.2, -0.15) is 0 Å². The van der Waals surface area contributed by atoms with Gasteiger partial charge in [0.2, 0.25) is 0 Å². The smallest absolute Gasteiger partial charge is 0.300 e. The molecule has 0 aromatic heterocycles. The third-order valence-corrected chi connectivity index (χ3v) is 6.34. The number of aliphatic hydroxyl groups is 1. The Labute approximate surface area is 205 Å². The van der Waals surface area contributed by atoms with Gasteiger partial charge in [-0.3, -0.25) is 14.5 Å². The van der Waals surface area contributed by atoms with Crippen LogP contribution >= 0.6 is 0 Å². The van der Waals surface area contributed by atoms with Gasteiger partial charge < -0.3 is 14.9 Å². The Balaban J connectivity index is 1.98. The Morgan fingerprint density at radius 3 is 2.29 bits per heavy atom. The number of ether oxygens (including phenoxy) is 1. The molecule has 1 heterocycles. The molecule has 0 aliphatic carbocycles. The van der Waals surface area contributed by atoms with Crippen molar-refractivity contribution >= 4 is 23.1 Å². The summed E-state index contributed by atoms with van der Waals surface area (Å²) >= 11 is 0. The van der Waals surface area contributed by atoms with E-state index in [0.29, 0.717) is 22.6 Å². The van der Waals surface area contributed by atoms with E-state index in [1.165, 1.54) is 24.1 Å². The Morgan fingerprint density at radius 2 is 1.66 bits per heavy atom. The molecule has 180 valence electrons. The first-order chi connectivity index (χ1) is 16.5. The molecule has 1 amide bonds. The van der Waals surface area contributed by atoms with Crippen LogP contribution in [0.5, 0.6) is 11.5 Å². The van der Waals surface area contributed by atoms with Crippen molar-refractivity contribution < 1.29 is 24.5 Å². The molecule has 1 fully saturated rings. The number of anilines is 1. The number of phenols is 1. The van der Waals surface area contributed by atoms with Crippen LogP contribution in [0.4, 0.5) is 5.69 Å². The van der Waals surface area contributed by atoms with Gasteiger partial charge in [0.25, 0.3) is 11.7 Å². The standard InChI is InChI=1S/C29H29NO5/c1-17-9-12-19(29(2,3)4)15-23(17)26(32)24-25(18-10-13-21(31)14-11-18)30(28(34)27(24)33)20-7-6-8-22(16-20)35-5/h6-16,25,31-32H,1-5H3/b26-24+. The molecule has 1 saturated heterocycles. The van der Waals surface area contributed by atoms with Crippen LogP contribution < -0.4 is 9.64 Å². The molecule has 0 radical (unpaired) electrons. The highest BCUT2D eigenvalue weighted by Gasteiger charge is 2.47. The molecule has 0 bridgehead atoms. The summed E-state index contributed by atoms with van der Waals surface area (Å²) in [6.45, 7) is 8.06. The summed E-state index contributed by atoms with van der Waals surface area (Å²) in [6, 6.07) is 18.0. The highest BCUT2D eigenvalue weighted by Crippen LogP contribution is 2.43. The Hall–Kier alpha value is -4.06. The third-order valence-electron chi connectivity index (χ3n) is 6.34. The van der Waals surface area contributed by atoms with Crippen molar-refractivity contribution in [3.05, 3.63) is 94.6 Å². The summed E-state index contributed by atoms with van der Waals surface area (Å²) in [6.07, 6.45) is 0. The van der Waals surface area contributed by atoms with E-state index >= 15 is 0 Å². The van der Waals surface area contributed by atoms with Gasteiger partial charge in [0.15, 0.2) is 0 Å². The molecular weight excluding hydrogens is 442 g/mol. The topological polar surface area (TPSA) is 87.1 Å². The predicted octanol–water partition coefficient (Wildman–Crippen LogP) is 5.63. The monoisotopic (exact) mass is 471 g/mol. The first-order valence-electron chi connectivity index (χ1n) is 11.4. The zero-order valence-corrected chi connectivity index (χ0v) is 20.5. The highest BCUT2D eigenvalue weighted by molar-refractivity contribution is 6.51. The van der Waals surface area contributed by atoms with Crippen LogP contribution in [0.2, 0.25) is 0 Å². The molecule has 4 rings (SSSR count). The van der Waals surface area contributed by atoms with E-state index < -0.39 is 17.7 Å². The SMILES string of the molecule is COc1cccc(N2C(=O)C(=O)/C(=C(/O)c3cc(C(C)(C)C)ccc3C)C2c2ccc(O)cc2)c1. The lowest BCUT2D eigenvalue weighted by Gasteiger charge is -2.26. The molecule has 3 aromatic carbocycles. The zero-order valence-electron chi connectivity index (χ0n) is 20.5. The third kappa shape index (κ3) is 4.39. The molecule has 0 spiro atoms. The lowest BCUT2D eigenvalue weighted by atomic mass is 9.84. The van der Waals surface area contributed by atoms with E-state index in [1.807, 2.05) is 25.1 Å². The number of carbonyl (C=O) groups is 2. The molecule has 1 atom stereocenters. The van der Waals surface area contributed by atoms with Gasteiger partial charge in [0.1, 0.15) is 17.3 Å². The number of amides is 1. The number of hydrogen-bond acceptors (Lipinski definition) is 5. The lowest BCUT2D eigenvalue weighted by molar-refractivity contribution is -0.132. The number of phenolic OH excluding ortho intramolecular Hbond substituents is 1. The predicted molar refractivity (Wildman–Crippen MR) is 136 cm³/mol. The number of methoxy groups -OCH3 is 1. The second kappa shape index (κ2) is 8.95. The highest BCUT2D eigenvalue weighted by atomic mass is 16.5. The average Bonchev–Trinajstić information content (AvgIpc) is 3.09. The molecule has 1 unspecified atom stereocenters. The molecule has 2 N–H and O–H groups in total. The van der Waals surface area contributed by atoms with Crippen LogP contribution in [0, 0.1) is 6.92 Å². The van der Waals surface area contributed by atoms with Crippen molar-refractivity contribution in [2.45, 2.75) is 39.2 Å². The van der Waals surface area contributed by atoms with Crippen molar-refractivity contribution in [2.75, 3.05) is 12.0 Å². The molecule has 0 saturated carbocycles. The summed E-state index contributed by atoms with van der Waals surface area (Å²) in [5, 5.41) is 21.4. The summed E-state index contributed by atoms with van der Waals surface area (Å²) in [5.41, 5.74) is 3.15. The summed E-state index contributed by atoms with van der Waals surface area (Å²) in [4.78, 5) is 28.1. The Morgan fingerprint density at radius 1 is 0.971 bits per heavy atom. The molecular formula is C29H29NO5. The van der Waals surface area contributed by atoms with Crippen LogP contribution in [0.1, 0.15) is 49.1 Å². The van der Waals surface area contributed by atoms with Crippen LogP contribution in [-0.2, 0) is 15.0 Å². The minimum Gasteiger partial charge on any atom is -0.508 e. The quantitative estimate of drug-likeness (QED) is 0.292. The largest absolute Gasteiger partial charge is 0.508 e. The molecule has 1 aliphatic heterocycles. The maximum Gasteiger partial charge on any atom is 0.300 e. The van der Waals surface area contributed by atoms with Crippen LogP contribution in [-0.4, -0.2) is 29.0 Å². The van der Waals surface area contributed by atoms with Gasteiger partial charge in [-0.05, 0) is 59.4 Å². The summed E-state index contributed by atoms with van der Waals surface area (Å²) in [5.74, 6) is -1.16.